The van der Waals surface area contributed by atoms with E-state index in [0.717, 1.165) is 58.7 Å². The summed E-state index contributed by atoms with van der Waals surface area (Å²) in [5, 5.41) is 0. The van der Waals surface area contributed by atoms with Crippen molar-refractivity contribution in [3.63, 3.8) is 0 Å². The van der Waals surface area contributed by atoms with Gasteiger partial charge in [-0.3, -0.25) is 9.69 Å². The van der Waals surface area contributed by atoms with Crippen LogP contribution in [0, 0.1) is 19.8 Å². The average molecular weight is 357 g/mol. The van der Waals surface area contributed by atoms with Gasteiger partial charge in [0.1, 0.15) is 0 Å². The third kappa shape index (κ3) is 5.18. The molecular weight excluding hydrogens is 324 g/mol. The molecule has 2 fully saturated rings. The number of ether oxygens (including phenoxy) is 1. The number of hydrogen-bond donors (Lipinski definition) is 0. The van der Waals surface area contributed by atoms with Gasteiger partial charge in [-0.1, -0.05) is 30.4 Å². The van der Waals surface area contributed by atoms with E-state index in [9.17, 15) is 4.79 Å². The second kappa shape index (κ2) is 9.33. The van der Waals surface area contributed by atoms with Gasteiger partial charge in [-0.05, 0) is 55.7 Å². The Kier molecular flexibility index (Phi) is 6.86. The van der Waals surface area contributed by atoms with Gasteiger partial charge in [0, 0.05) is 26.2 Å². The van der Waals surface area contributed by atoms with Crippen molar-refractivity contribution in [2.24, 2.45) is 5.92 Å². The highest BCUT2D eigenvalue weighted by molar-refractivity contribution is 5.78. The molecule has 1 amide bonds. The fraction of sp³-hybridized carbons (Fsp3) is 0.591. The first-order valence-electron chi connectivity index (χ1n) is 9.94. The second-order valence-electron chi connectivity index (χ2n) is 7.66. The molecule has 0 N–H and O–H groups in total. The maximum atomic E-state index is 12.5. The van der Waals surface area contributed by atoms with Crippen LogP contribution in [0.25, 0.3) is 6.08 Å². The molecule has 26 heavy (non-hydrogen) atoms. The maximum absolute atomic E-state index is 12.5. The lowest BCUT2D eigenvalue weighted by molar-refractivity contribution is -0.134. The molecule has 1 aromatic carbocycles. The quantitative estimate of drug-likeness (QED) is 0.812. The summed E-state index contributed by atoms with van der Waals surface area (Å²) in [6.07, 6.45) is 7.95. The number of likely N-dealkylation sites (tertiary alicyclic amines) is 1. The van der Waals surface area contributed by atoms with Gasteiger partial charge in [-0.2, -0.15) is 0 Å². The van der Waals surface area contributed by atoms with Crippen LogP contribution in [-0.2, 0) is 9.53 Å². The highest BCUT2D eigenvalue weighted by Crippen LogP contribution is 2.23. The largest absolute Gasteiger partial charge is 0.379 e. The number of morpholine rings is 1. The molecule has 0 aromatic heterocycles. The lowest BCUT2D eigenvalue weighted by atomic mass is 9.92. The minimum Gasteiger partial charge on any atom is -0.379 e. The van der Waals surface area contributed by atoms with Crippen LogP contribution in [-0.4, -0.2) is 61.6 Å². The van der Waals surface area contributed by atoms with E-state index in [1.807, 2.05) is 0 Å². The van der Waals surface area contributed by atoms with Gasteiger partial charge in [0.05, 0.1) is 19.8 Å². The van der Waals surface area contributed by atoms with Gasteiger partial charge in [0.15, 0.2) is 0 Å². The number of benzene rings is 1. The third-order valence-electron chi connectivity index (χ3n) is 5.73. The SMILES string of the molecule is Cc1cccc(C)c1/C=C/CC1CCN(C(=O)CN2CCOCC2)CC1. The van der Waals surface area contributed by atoms with Crippen molar-refractivity contribution in [2.45, 2.75) is 33.1 Å². The Morgan fingerprint density at radius 3 is 2.42 bits per heavy atom. The van der Waals surface area contributed by atoms with Gasteiger partial charge in [-0.15, -0.1) is 0 Å². The molecule has 2 saturated heterocycles. The predicted octanol–water partition coefficient (Wildman–Crippen LogP) is 3.28. The van der Waals surface area contributed by atoms with E-state index in [4.69, 9.17) is 4.74 Å². The first-order chi connectivity index (χ1) is 12.6. The van der Waals surface area contributed by atoms with E-state index in [1.54, 1.807) is 0 Å². The van der Waals surface area contributed by atoms with Crippen LogP contribution in [0.5, 0.6) is 0 Å². The number of allylic oxidation sites excluding steroid dienone is 1. The summed E-state index contributed by atoms with van der Waals surface area (Å²) in [5.74, 6) is 0.986. The first kappa shape index (κ1) is 19.1. The van der Waals surface area contributed by atoms with Gasteiger partial charge in [-0.25, -0.2) is 0 Å². The van der Waals surface area contributed by atoms with E-state index in [2.05, 4.69) is 54.0 Å². The van der Waals surface area contributed by atoms with Gasteiger partial charge in [0.25, 0.3) is 0 Å². The number of carbonyl (C=O) groups is 1. The number of nitrogens with zero attached hydrogens (tertiary/aromatic N) is 2. The summed E-state index contributed by atoms with van der Waals surface area (Å²) in [6, 6.07) is 6.46. The number of rotatable bonds is 5. The minimum atomic E-state index is 0.288. The van der Waals surface area contributed by atoms with Crippen molar-refractivity contribution in [1.29, 1.82) is 0 Å². The average Bonchev–Trinajstić information content (AvgIpc) is 2.65. The fourth-order valence-corrected chi connectivity index (χ4v) is 3.94. The summed E-state index contributed by atoms with van der Waals surface area (Å²) in [5.41, 5.74) is 4.03. The summed E-state index contributed by atoms with van der Waals surface area (Å²) in [7, 11) is 0. The smallest absolute Gasteiger partial charge is 0.236 e. The maximum Gasteiger partial charge on any atom is 0.236 e. The number of hydrogen-bond acceptors (Lipinski definition) is 3. The lowest BCUT2D eigenvalue weighted by Gasteiger charge is -2.34. The molecule has 2 heterocycles. The van der Waals surface area contributed by atoms with Crippen molar-refractivity contribution >= 4 is 12.0 Å². The Morgan fingerprint density at radius 2 is 1.77 bits per heavy atom. The van der Waals surface area contributed by atoms with Crippen molar-refractivity contribution in [2.75, 3.05) is 45.9 Å². The van der Waals surface area contributed by atoms with Gasteiger partial charge < -0.3 is 9.64 Å². The minimum absolute atomic E-state index is 0.288. The van der Waals surface area contributed by atoms with Gasteiger partial charge >= 0.3 is 0 Å². The standard InChI is InChI=1S/C22H32N2O2/c1-18-5-3-6-19(2)21(18)8-4-7-20-9-11-24(12-10-20)22(25)17-23-13-15-26-16-14-23/h3-6,8,20H,7,9-17H2,1-2H3/b8-4+. The highest BCUT2D eigenvalue weighted by Gasteiger charge is 2.24. The first-order valence-corrected chi connectivity index (χ1v) is 9.94. The van der Waals surface area contributed by atoms with Crippen molar-refractivity contribution in [3.8, 4) is 0 Å². The molecule has 0 saturated carbocycles. The van der Waals surface area contributed by atoms with Crippen LogP contribution in [0.15, 0.2) is 24.3 Å². The molecule has 0 unspecified atom stereocenters. The zero-order valence-electron chi connectivity index (χ0n) is 16.2. The lowest BCUT2D eigenvalue weighted by Crippen LogP contribution is -2.47. The number of piperidine rings is 1. The van der Waals surface area contributed by atoms with Crippen LogP contribution < -0.4 is 0 Å². The molecule has 2 aliphatic heterocycles. The zero-order valence-corrected chi connectivity index (χ0v) is 16.2. The van der Waals surface area contributed by atoms with E-state index < -0.39 is 0 Å². The Bertz CT molecular complexity index is 607. The fourth-order valence-electron chi connectivity index (χ4n) is 3.94. The summed E-state index contributed by atoms with van der Waals surface area (Å²) in [6.45, 7) is 9.98. The Balaban J connectivity index is 1.42. The molecule has 4 nitrogen and oxygen atoms in total. The molecule has 0 bridgehead atoms. The number of amides is 1. The van der Waals surface area contributed by atoms with Crippen LogP contribution in [0.3, 0.4) is 0 Å². The van der Waals surface area contributed by atoms with E-state index >= 15 is 0 Å². The molecule has 1 aromatic rings. The zero-order chi connectivity index (χ0) is 18.4. The molecule has 0 aliphatic carbocycles. The number of aryl methyl sites for hydroxylation is 2. The number of carbonyl (C=O) groups excluding carboxylic acids is 1. The molecule has 4 heteroatoms. The van der Waals surface area contributed by atoms with E-state index in [1.165, 1.54) is 16.7 Å². The van der Waals surface area contributed by atoms with Crippen LogP contribution in [0.2, 0.25) is 0 Å². The Labute approximate surface area is 157 Å². The van der Waals surface area contributed by atoms with Crippen LogP contribution in [0.1, 0.15) is 36.0 Å². The van der Waals surface area contributed by atoms with E-state index in [-0.39, 0.29) is 5.91 Å². The summed E-state index contributed by atoms with van der Waals surface area (Å²) < 4.78 is 5.35. The highest BCUT2D eigenvalue weighted by atomic mass is 16.5. The molecule has 142 valence electrons. The van der Waals surface area contributed by atoms with Crippen LogP contribution >= 0.6 is 0 Å². The Hall–Kier alpha value is -1.65. The van der Waals surface area contributed by atoms with Crippen molar-refractivity contribution in [3.05, 3.63) is 41.0 Å². The van der Waals surface area contributed by atoms with Crippen molar-refractivity contribution in [1.82, 2.24) is 9.80 Å². The van der Waals surface area contributed by atoms with Crippen LogP contribution in [0.4, 0.5) is 0 Å². The molecule has 3 rings (SSSR count). The molecular formula is C22H32N2O2. The third-order valence-corrected chi connectivity index (χ3v) is 5.73. The van der Waals surface area contributed by atoms with Crippen molar-refractivity contribution < 1.29 is 9.53 Å². The Morgan fingerprint density at radius 1 is 1.12 bits per heavy atom. The molecule has 0 radical (unpaired) electrons. The molecule has 0 spiro atoms. The second-order valence-corrected chi connectivity index (χ2v) is 7.66. The summed E-state index contributed by atoms with van der Waals surface area (Å²) >= 11 is 0. The van der Waals surface area contributed by atoms with Gasteiger partial charge in [0.2, 0.25) is 5.91 Å². The summed E-state index contributed by atoms with van der Waals surface area (Å²) in [4.78, 5) is 16.7. The molecule has 0 atom stereocenters. The monoisotopic (exact) mass is 356 g/mol. The normalized spacial score (nSPS) is 20.0. The predicted molar refractivity (Wildman–Crippen MR) is 106 cm³/mol. The molecule has 2 aliphatic rings. The van der Waals surface area contributed by atoms with E-state index in [0.29, 0.717) is 12.5 Å². The topological polar surface area (TPSA) is 32.8 Å².